The lowest BCUT2D eigenvalue weighted by Gasteiger charge is -2.22. The number of hydrogen-bond donors (Lipinski definition) is 2. The second kappa shape index (κ2) is 6.14. The molecule has 0 aliphatic carbocycles. The fourth-order valence-corrected chi connectivity index (χ4v) is 3.21. The SMILES string of the molecule is CN=C(NCc1ccc(Br)cc1)NC1CC2CCC1O2. The third-order valence-corrected chi connectivity index (χ3v) is 4.55. The first kappa shape index (κ1) is 13.9. The smallest absolute Gasteiger partial charge is 0.191 e. The van der Waals surface area contributed by atoms with Crippen molar-refractivity contribution in [3.8, 4) is 0 Å². The molecule has 2 aliphatic heterocycles. The summed E-state index contributed by atoms with van der Waals surface area (Å²) in [4.78, 5) is 4.30. The first-order valence-electron chi connectivity index (χ1n) is 7.11. The Balaban J connectivity index is 1.51. The number of ether oxygens (including phenoxy) is 1. The first-order chi connectivity index (χ1) is 9.74. The summed E-state index contributed by atoms with van der Waals surface area (Å²) in [6.45, 7) is 0.772. The summed E-state index contributed by atoms with van der Waals surface area (Å²) in [5.74, 6) is 0.856. The minimum atomic E-state index is 0.367. The van der Waals surface area contributed by atoms with Gasteiger partial charge in [0.05, 0.1) is 18.2 Å². The second-order valence-corrected chi connectivity index (χ2v) is 6.33. The van der Waals surface area contributed by atoms with Gasteiger partial charge in [0.1, 0.15) is 0 Å². The molecule has 3 rings (SSSR count). The van der Waals surface area contributed by atoms with E-state index in [1.165, 1.54) is 18.4 Å². The Bertz CT molecular complexity index is 488. The highest BCUT2D eigenvalue weighted by atomic mass is 79.9. The Morgan fingerprint density at radius 3 is 2.75 bits per heavy atom. The van der Waals surface area contributed by atoms with Gasteiger partial charge >= 0.3 is 0 Å². The highest BCUT2D eigenvalue weighted by Gasteiger charge is 2.41. The minimum Gasteiger partial charge on any atom is -0.373 e. The fourth-order valence-electron chi connectivity index (χ4n) is 2.95. The van der Waals surface area contributed by atoms with Crippen molar-refractivity contribution in [1.82, 2.24) is 10.6 Å². The van der Waals surface area contributed by atoms with Gasteiger partial charge in [-0.3, -0.25) is 4.99 Å². The Morgan fingerprint density at radius 1 is 1.35 bits per heavy atom. The van der Waals surface area contributed by atoms with Crippen molar-refractivity contribution in [3.63, 3.8) is 0 Å². The summed E-state index contributed by atoms with van der Waals surface area (Å²) >= 11 is 3.45. The van der Waals surface area contributed by atoms with E-state index in [-0.39, 0.29) is 0 Å². The zero-order valence-electron chi connectivity index (χ0n) is 11.6. The molecule has 3 atom stereocenters. The molecule has 0 saturated carbocycles. The number of hydrogen-bond acceptors (Lipinski definition) is 2. The van der Waals surface area contributed by atoms with Gasteiger partial charge in [0, 0.05) is 18.1 Å². The summed E-state index contributed by atoms with van der Waals surface area (Å²) in [6.07, 6.45) is 4.32. The largest absolute Gasteiger partial charge is 0.373 e. The minimum absolute atomic E-state index is 0.367. The average molecular weight is 338 g/mol. The van der Waals surface area contributed by atoms with Gasteiger partial charge in [0.15, 0.2) is 5.96 Å². The predicted octanol–water partition coefficient (Wildman–Crippen LogP) is 2.43. The summed E-state index contributed by atoms with van der Waals surface area (Å²) in [6, 6.07) is 8.72. The molecule has 2 aliphatic rings. The Kier molecular flexibility index (Phi) is 4.27. The summed E-state index contributed by atoms with van der Waals surface area (Å²) in [5.41, 5.74) is 1.24. The van der Waals surface area contributed by atoms with Crippen molar-refractivity contribution in [1.29, 1.82) is 0 Å². The molecule has 1 aromatic rings. The topological polar surface area (TPSA) is 45.7 Å². The molecule has 3 unspecified atom stereocenters. The van der Waals surface area contributed by atoms with E-state index in [1.807, 2.05) is 7.05 Å². The summed E-state index contributed by atoms with van der Waals surface area (Å²) in [7, 11) is 1.81. The Hall–Kier alpha value is -1.07. The molecule has 4 nitrogen and oxygen atoms in total. The van der Waals surface area contributed by atoms with Crippen LogP contribution in [0.1, 0.15) is 24.8 Å². The van der Waals surface area contributed by atoms with E-state index in [0.29, 0.717) is 18.2 Å². The Morgan fingerprint density at radius 2 is 2.15 bits per heavy atom. The van der Waals surface area contributed by atoms with Gasteiger partial charge in [0.25, 0.3) is 0 Å². The number of halogens is 1. The average Bonchev–Trinajstić information content (AvgIpc) is 3.07. The molecule has 5 heteroatoms. The van der Waals surface area contributed by atoms with Crippen molar-refractivity contribution in [2.24, 2.45) is 4.99 Å². The second-order valence-electron chi connectivity index (χ2n) is 5.41. The number of fused-ring (bicyclic) bond motifs is 2. The standard InChI is InChI=1S/C15H20BrN3O/c1-17-15(18-9-10-2-4-11(16)5-3-10)19-13-8-12-6-7-14(13)20-12/h2-5,12-14H,6-9H2,1H3,(H2,17,18,19). The van der Waals surface area contributed by atoms with Gasteiger partial charge in [-0.25, -0.2) is 0 Å². The predicted molar refractivity (Wildman–Crippen MR) is 83.8 cm³/mol. The highest BCUT2D eigenvalue weighted by molar-refractivity contribution is 9.10. The van der Waals surface area contributed by atoms with Crippen LogP contribution in [-0.4, -0.2) is 31.3 Å². The molecular weight excluding hydrogens is 318 g/mol. The van der Waals surface area contributed by atoms with Crippen LogP contribution in [0.25, 0.3) is 0 Å². The number of rotatable bonds is 3. The number of benzene rings is 1. The fraction of sp³-hybridized carbons (Fsp3) is 0.533. The van der Waals surface area contributed by atoms with Crippen molar-refractivity contribution in [2.75, 3.05) is 7.05 Å². The monoisotopic (exact) mass is 337 g/mol. The van der Waals surface area contributed by atoms with E-state index < -0.39 is 0 Å². The molecule has 2 fully saturated rings. The van der Waals surface area contributed by atoms with Crippen molar-refractivity contribution in [3.05, 3.63) is 34.3 Å². The molecule has 2 saturated heterocycles. The molecular formula is C15H20BrN3O. The van der Waals surface area contributed by atoms with E-state index in [9.17, 15) is 0 Å². The lowest BCUT2D eigenvalue weighted by atomic mass is 9.96. The van der Waals surface area contributed by atoms with Crippen LogP contribution in [0.4, 0.5) is 0 Å². The van der Waals surface area contributed by atoms with Crippen molar-refractivity contribution < 1.29 is 4.74 Å². The highest BCUT2D eigenvalue weighted by Crippen LogP contribution is 2.34. The quantitative estimate of drug-likeness (QED) is 0.657. The van der Waals surface area contributed by atoms with Crippen LogP contribution in [0, 0.1) is 0 Å². The van der Waals surface area contributed by atoms with Gasteiger partial charge in [-0.05, 0) is 37.0 Å². The van der Waals surface area contributed by atoms with Crippen LogP contribution in [-0.2, 0) is 11.3 Å². The molecule has 0 radical (unpaired) electrons. The molecule has 0 spiro atoms. The number of nitrogens with one attached hydrogen (secondary N) is 2. The zero-order chi connectivity index (χ0) is 13.9. The van der Waals surface area contributed by atoms with Crippen LogP contribution in [0.3, 0.4) is 0 Å². The van der Waals surface area contributed by atoms with Gasteiger partial charge in [-0.2, -0.15) is 0 Å². The first-order valence-corrected chi connectivity index (χ1v) is 7.91. The maximum Gasteiger partial charge on any atom is 0.191 e. The third kappa shape index (κ3) is 3.15. The molecule has 108 valence electrons. The van der Waals surface area contributed by atoms with E-state index in [1.54, 1.807) is 0 Å². The normalized spacial score (nSPS) is 28.7. The molecule has 1 aromatic carbocycles. The van der Waals surface area contributed by atoms with E-state index in [4.69, 9.17) is 4.74 Å². The number of aliphatic imine (C=N–C) groups is 1. The number of nitrogens with zero attached hydrogens (tertiary/aromatic N) is 1. The van der Waals surface area contributed by atoms with Crippen LogP contribution in [0.2, 0.25) is 0 Å². The number of guanidine groups is 1. The van der Waals surface area contributed by atoms with Gasteiger partial charge in [0.2, 0.25) is 0 Å². The molecule has 20 heavy (non-hydrogen) atoms. The maximum absolute atomic E-state index is 5.86. The third-order valence-electron chi connectivity index (χ3n) is 4.02. The molecule has 2 heterocycles. The van der Waals surface area contributed by atoms with Crippen molar-refractivity contribution in [2.45, 2.75) is 44.1 Å². The molecule has 2 bridgehead atoms. The maximum atomic E-state index is 5.86. The van der Waals surface area contributed by atoms with Crippen LogP contribution in [0.15, 0.2) is 33.7 Å². The van der Waals surface area contributed by atoms with E-state index in [0.717, 1.165) is 23.4 Å². The van der Waals surface area contributed by atoms with Crippen LogP contribution >= 0.6 is 15.9 Å². The lowest BCUT2D eigenvalue weighted by molar-refractivity contribution is 0.0992. The zero-order valence-corrected chi connectivity index (χ0v) is 13.2. The van der Waals surface area contributed by atoms with E-state index in [2.05, 4.69) is 55.8 Å². The van der Waals surface area contributed by atoms with Gasteiger partial charge in [-0.1, -0.05) is 28.1 Å². The molecule has 0 amide bonds. The van der Waals surface area contributed by atoms with Crippen LogP contribution < -0.4 is 10.6 Å². The van der Waals surface area contributed by atoms with Crippen LogP contribution in [0.5, 0.6) is 0 Å². The summed E-state index contributed by atoms with van der Waals surface area (Å²) < 4.78 is 6.96. The molecule has 0 aromatic heterocycles. The van der Waals surface area contributed by atoms with Gasteiger partial charge < -0.3 is 15.4 Å². The summed E-state index contributed by atoms with van der Waals surface area (Å²) in [5, 5.41) is 6.84. The Labute approximate surface area is 128 Å². The lowest BCUT2D eigenvalue weighted by Crippen LogP contribution is -2.47. The molecule has 2 N–H and O–H groups in total. The van der Waals surface area contributed by atoms with E-state index >= 15 is 0 Å². The van der Waals surface area contributed by atoms with Gasteiger partial charge in [-0.15, -0.1) is 0 Å². The van der Waals surface area contributed by atoms with Crippen molar-refractivity contribution >= 4 is 21.9 Å².